The summed E-state index contributed by atoms with van der Waals surface area (Å²) in [6, 6.07) is 9.16. The molecule has 3 aliphatic rings. The molecule has 220 valence electrons. The predicted octanol–water partition coefficient (Wildman–Crippen LogP) is 4.97. The van der Waals surface area contributed by atoms with E-state index >= 15 is 0 Å². The summed E-state index contributed by atoms with van der Waals surface area (Å²) in [5.41, 5.74) is -1.17. The van der Waals surface area contributed by atoms with Crippen molar-refractivity contribution >= 4 is 35.0 Å². The van der Waals surface area contributed by atoms with E-state index in [-0.39, 0.29) is 24.2 Å². The van der Waals surface area contributed by atoms with Crippen molar-refractivity contribution in [1.82, 2.24) is 0 Å². The molecule has 7 nitrogen and oxygen atoms in total. The number of phenols is 1. The number of ketones is 5. The maximum absolute atomic E-state index is 14.4. The SMILES string of the molecule is C=Cc1ccc(CC)c(-c2ccc(O)c3c2C[C@]2(C)C[C@]4(C)C(C(C)C)C(=O)C(C(C)=O)C(=O)[C@]4(O)C(=O)C2C3=O)c1. The van der Waals surface area contributed by atoms with Gasteiger partial charge in [0, 0.05) is 11.3 Å². The predicted molar refractivity (Wildman–Crippen MR) is 158 cm³/mol. The van der Waals surface area contributed by atoms with Crippen molar-refractivity contribution in [2.45, 2.75) is 66.4 Å². The third-order valence-electron chi connectivity index (χ3n) is 10.3. The molecule has 0 heterocycles. The molecule has 3 aliphatic carbocycles. The van der Waals surface area contributed by atoms with Crippen LogP contribution >= 0.6 is 0 Å². The Bertz CT molecular complexity index is 1600. The van der Waals surface area contributed by atoms with Crippen LogP contribution in [0.1, 0.15) is 75.0 Å². The Kier molecular flexibility index (Phi) is 6.85. The molecule has 0 spiro atoms. The van der Waals surface area contributed by atoms with Crippen molar-refractivity contribution in [2.75, 3.05) is 0 Å². The van der Waals surface area contributed by atoms with Crippen molar-refractivity contribution in [3.8, 4) is 16.9 Å². The molecule has 6 atom stereocenters. The fourth-order valence-electron chi connectivity index (χ4n) is 8.67. The van der Waals surface area contributed by atoms with Crippen molar-refractivity contribution in [1.29, 1.82) is 0 Å². The summed E-state index contributed by atoms with van der Waals surface area (Å²) in [7, 11) is 0. The van der Waals surface area contributed by atoms with Crippen LogP contribution in [-0.2, 0) is 32.0 Å². The van der Waals surface area contributed by atoms with Gasteiger partial charge in [-0.25, -0.2) is 0 Å². The van der Waals surface area contributed by atoms with Gasteiger partial charge in [-0.2, -0.15) is 0 Å². The zero-order valence-electron chi connectivity index (χ0n) is 25.0. The Morgan fingerprint density at radius 3 is 2.31 bits per heavy atom. The number of rotatable bonds is 5. The molecule has 5 rings (SSSR count). The zero-order chi connectivity index (χ0) is 31.1. The number of hydrogen-bond acceptors (Lipinski definition) is 7. The van der Waals surface area contributed by atoms with Gasteiger partial charge in [0.25, 0.3) is 0 Å². The largest absolute Gasteiger partial charge is 0.507 e. The molecule has 2 aromatic rings. The molecule has 0 amide bonds. The normalized spacial score (nSPS) is 32.3. The fraction of sp³-hybridized carbons (Fsp3) is 0.457. The highest BCUT2D eigenvalue weighted by Gasteiger charge is 2.76. The van der Waals surface area contributed by atoms with E-state index in [1.807, 2.05) is 25.1 Å². The van der Waals surface area contributed by atoms with E-state index < -0.39 is 69.0 Å². The zero-order valence-corrected chi connectivity index (χ0v) is 25.0. The van der Waals surface area contributed by atoms with E-state index in [1.54, 1.807) is 39.8 Å². The van der Waals surface area contributed by atoms with Gasteiger partial charge in [-0.3, -0.25) is 24.0 Å². The molecule has 0 radical (unpaired) electrons. The van der Waals surface area contributed by atoms with Gasteiger partial charge in [0.05, 0.1) is 11.5 Å². The minimum absolute atomic E-state index is 0.00412. The number of hydrogen-bond donors (Lipinski definition) is 2. The topological polar surface area (TPSA) is 126 Å². The molecule has 2 saturated carbocycles. The van der Waals surface area contributed by atoms with Crippen LogP contribution in [0, 0.1) is 34.5 Å². The maximum Gasteiger partial charge on any atom is 0.190 e. The molecule has 3 unspecified atom stereocenters. The number of benzene rings is 2. The van der Waals surface area contributed by atoms with Gasteiger partial charge < -0.3 is 10.2 Å². The lowest BCUT2D eigenvalue weighted by molar-refractivity contribution is -0.205. The van der Waals surface area contributed by atoms with Crippen LogP contribution in [0.15, 0.2) is 36.9 Å². The highest BCUT2D eigenvalue weighted by atomic mass is 16.3. The summed E-state index contributed by atoms with van der Waals surface area (Å²) in [5, 5.41) is 23.1. The number of fused-ring (bicyclic) bond motifs is 3. The second-order valence-corrected chi connectivity index (χ2v) is 13.3. The smallest absolute Gasteiger partial charge is 0.190 e. The third-order valence-corrected chi connectivity index (χ3v) is 10.3. The van der Waals surface area contributed by atoms with Crippen molar-refractivity contribution in [3.05, 3.63) is 59.2 Å². The molecule has 7 heteroatoms. The number of carbonyl (C=O) groups is 5. The summed E-state index contributed by atoms with van der Waals surface area (Å²) >= 11 is 0. The van der Waals surface area contributed by atoms with Crippen LogP contribution in [0.2, 0.25) is 0 Å². The van der Waals surface area contributed by atoms with E-state index in [0.717, 1.165) is 35.6 Å². The first-order chi connectivity index (χ1) is 19.6. The second kappa shape index (κ2) is 9.66. The Morgan fingerprint density at radius 1 is 1.07 bits per heavy atom. The summed E-state index contributed by atoms with van der Waals surface area (Å²) < 4.78 is 0. The van der Waals surface area contributed by atoms with Gasteiger partial charge in [0.15, 0.2) is 28.7 Å². The Hall–Kier alpha value is -3.71. The highest BCUT2D eigenvalue weighted by Crippen LogP contribution is 2.64. The first-order valence-electron chi connectivity index (χ1n) is 14.6. The molecule has 2 N–H and O–H groups in total. The van der Waals surface area contributed by atoms with E-state index in [2.05, 4.69) is 6.58 Å². The summed E-state index contributed by atoms with van der Waals surface area (Å²) in [5.74, 6) is -8.95. The molecule has 0 saturated heterocycles. The van der Waals surface area contributed by atoms with Crippen LogP contribution in [0.4, 0.5) is 0 Å². The van der Waals surface area contributed by atoms with Crippen LogP contribution in [0.25, 0.3) is 17.2 Å². The van der Waals surface area contributed by atoms with Gasteiger partial charge in [-0.05, 0) is 77.5 Å². The quantitative estimate of drug-likeness (QED) is 0.487. The average molecular weight is 571 g/mol. The number of Topliss-reactive ketones (excluding diaryl/α,β-unsaturated/α-hetero) is 5. The van der Waals surface area contributed by atoms with Crippen LogP contribution in [-0.4, -0.2) is 44.7 Å². The van der Waals surface area contributed by atoms with Gasteiger partial charge >= 0.3 is 0 Å². The maximum atomic E-state index is 14.4. The van der Waals surface area contributed by atoms with E-state index in [4.69, 9.17) is 0 Å². The van der Waals surface area contributed by atoms with Crippen molar-refractivity contribution in [2.24, 2.45) is 34.5 Å². The molecule has 0 aliphatic heterocycles. The minimum Gasteiger partial charge on any atom is -0.507 e. The fourth-order valence-corrected chi connectivity index (χ4v) is 8.67. The Labute approximate surface area is 246 Å². The van der Waals surface area contributed by atoms with Gasteiger partial charge in [-0.15, -0.1) is 0 Å². The summed E-state index contributed by atoms with van der Waals surface area (Å²) in [6.45, 7) is 13.9. The van der Waals surface area contributed by atoms with Crippen LogP contribution in [0.5, 0.6) is 5.75 Å². The summed E-state index contributed by atoms with van der Waals surface area (Å²) in [4.78, 5) is 68.8. The first kappa shape index (κ1) is 29.8. The molecule has 2 fully saturated rings. The van der Waals surface area contributed by atoms with Gasteiger partial charge in [-0.1, -0.05) is 65.5 Å². The highest BCUT2D eigenvalue weighted by molar-refractivity contribution is 6.32. The van der Waals surface area contributed by atoms with E-state index in [0.29, 0.717) is 5.56 Å². The Morgan fingerprint density at radius 2 is 1.74 bits per heavy atom. The molecule has 42 heavy (non-hydrogen) atoms. The number of phenolic OH excluding ortho intramolecular Hbond substituents is 1. The first-order valence-corrected chi connectivity index (χ1v) is 14.6. The van der Waals surface area contributed by atoms with E-state index in [9.17, 15) is 34.2 Å². The standard InChI is InChI=1S/C35H38O7/c1-8-19-10-11-20(9-2)22(14-19)21-12-13-24(37)26-23(21)15-33(6)16-34(7)27(17(3)4)29(38)25(18(5)36)31(40)35(34,42)32(41)28(33)30(26)39/h8,10-14,17,25,27-28,37,42H,1,9,15-16H2,2-7H3/t25?,27?,28?,33-,34-,35+/m1/s1. The van der Waals surface area contributed by atoms with E-state index in [1.165, 1.54) is 6.07 Å². The van der Waals surface area contributed by atoms with Crippen molar-refractivity contribution < 1.29 is 34.2 Å². The van der Waals surface area contributed by atoms with Gasteiger partial charge in [0.1, 0.15) is 17.5 Å². The molecular formula is C35H38O7. The third kappa shape index (κ3) is 3.72. The number of aromatic hydroxyl groups is 1. The van der Waals surface area contributed by atoms with Gasteiger partial charge in [0.2, 0.25) is 0 Å². The van der Waals surface area contributed by atoms with Crippen LogP contribution < -0.4 is 0 Å². The van der Waals surface area contributed by atoms with Crippen molar-refractivity contribution in [3.63, 3.8) is 0 Å². The summed E-state index contributed by atoms with van der Waals surface area (Å²) in [6.07, 6.45) is 2.67. The second-order valence-electron chi connectivity index (χ2n) is 13.3. The average Bonchev–Trinajstić information content (AvgIpc) is 2.90. The Balaban J connectivity index is 1.77. The van der Waals surface area contributed by atoms with Crippen LogP contribution in [0.3, 0.4) is 0 Å². The molecule has 0 aromatic heterocycles. The lowest BCUT2D eigenvalue weighted by Crippen LogP contribution is -2.76. The molecular weight excluding hydrogens is 532 g/mol. The monoisotopic (exact) mass is 570 g/mol. The number of aryl methyl sites for hydroxylation is 1. The minimum atomic E-state index is -2.70. The molecule has 0 bridgehead atoms. The number of aliphatic hydroxyl groups is 1. The lowest BCUT2D eigenvalue weighted by atomic mass is 9.40. The lowest BCUT2D eigenvalue weighted by Gasteiger charge is -2.61. The number of carbonyl (C=O) groups excluding carboxylic acids is 5. The molecule has 2 aromatic carbocycles.